The zero-order valence-corrected chi connectivity index (χ0v) is 13.6. The molecule has 0 saturated carbocycles. The van der Waals surface area contributed by atoms with Crippen LogP contribution in [-0.4, -0.2) is 37.0 Å². The molecule has 3 N–H and O–H groups in total. The van der Waals surface area contributed by atoms with Crippen LogP contribution in [0.5, 0.6) is 5.75 Å². The molecule has 0 fully saturated rings. The molecular weight excluding hydrogens is 308 g/mol. The number of carbonyl (C=O) groups is 2. The Kier molecular flexibility index (Phi) is 6.13. The van der Waals surface area contributed by atoms with Crippen molar-refractivity contribution in [3.05, 3.63) is 48.2 Å². The summed E-state index contributed by atoms with van der Waals surface area (Å²) in [7, 11) is 1.58. The second kappa shape index (κ2) is 8.52. The van der Waals surface area contributed by atoms with Gasteiger partial charge in [0.25, 0.3) is 5.91 Å². The van der Waals surface area contributed by atoms with Crippen LogP contribution in [0.25, 0.3) is 0 Å². The molecule has 0 aliphatic carbocycles. The van der Waals surface area contributed by atoms with Gasteiger partial charge in [0.05, 0.1) is 18.4 Å². The van der Waals surface area contributed by atoms with Gasteiger partial charge in [0.1, 0.15) is 11.6 Å². The standard InChI is InChI=1S/C17H20N4O3/c1-12(22)18-10-11-20-17(23)13-6-5-9-19-16(13)21-14-7-3-4-8-15(14)24-2/h3-9H,10-11H2,1-2H3,(H,18,22)(H,19,21)(H,20,23). The van der Waals surface area contributed by atoms with Gasteiger partial charge in [0.2, 0.25) is 5.91 Å². The van der Waals surface area contributed by atoms with Crippen LogP contribution in [0, 0.1) is 0 Å². The summed E-state index contributed by atoms with van der Waals surface area (Å²) in [5.74, 6) is 0.675. The van der Waals surface area contributed by atoms with Gasteiger partial charge >= 0.3 is 0 Å². The summed E-state index contributed by atoms with van der Waals surface area (Å²) >= 11 is 0. The second-order valence-corrected chi connectivity index (χ2v) is 4.96. The molecule has 1 aromatic carbocycles. The molecule has 2 aromatic rings. The Hall–Kier alpha value is -3.09. The van der Waals surface area contributed by atoms with E-state index >= 15 is 0 Å². The molecule has 0 aliphatic rings. The summed E-state index contributed by atoms with van der Waals surface area (Å²) < 4.78 is 5.29. The van der Waals surface area contributed by atoms with E-state index in [2.05, 4.69) is 20.9 Å². The van der Waals surface area contributed by atoms with Gasteiger partial charge < -0.3 is 20.7 Å². The summed E-state index contributed by atoms with van der Waals surface area (Å²) in [6, 6.07) is 10.7. The number of para-hydroxylation sites is 2. The lowest BCUT2D eigenvalue weighted by molar-refractivity contribution is -0.118. The third kappa shape index (κ3) is 4.70. The number of nitrogens with zero attached hydrogens (tertiary/aromatic N) is 1. The van der Waals surface area contributed by atoms with Crippen LogP contribution < -0.4 is 20.7 Å². The highest BCUT2D eigenvalue weighted by atomic mass is 16.5. The molecule has 0 unspecified atom stereocenters. The zero-order valence-electron chi connectivity index (χ0n) is 13.6. The van der Waals surface area contributed by atoms with E-state index in [0.717, 1.165) is 0 Å². The summed E-state index contributed by atoms with van der Waals surface area (Å²) in [6.45, 7) is 2.14. The molecular formula is C17H20N4O3. The number of anilines is 2. The number of methoxy groups -OCH3 is 1. The zero-order chi connectivity index (χ0) is 17.4. The van der Waals surface area contributed by atoms with Crippen LogP contribution in [0.2, 0.25) is 0 Å². The molecule has 0 radical (unpaired) electrons. The number of aromatic nitrogens is 1. The molecule has 126 valence electrons. The van der Waals surface area contributed by atoms with Crippen LogP contribution in [0.15, 0.2) is 42.6 Å². The number of benzene rings is 1. The van der Waals surface area contributed by atoms with Crippen molar-refractivity contribution in [1.29, 1.82) is 0 Å². The van der Waals surface area contributed by atoms with Gasteiger partial charge in [-0.1, -0.05) is 12.1 Å². The van der Waals surface area contributed by atoms with Gasteiger partial charge in [0.15, 0.2) is 0 Å². The Morgan fingerprint density at radius 3 is 2.58 bits per heavy atom. The molecule has 0 saturated heterocycles. The molecule has 24 heavy (non-hydrogen) atoms. The number of hydrogen-bond acceptors (Lipinski definition) is 5. The Morgan fingerprint density at radius 2 is 1.83 bits per heavy atom. The normalized spacial score (nSPS) is 9.92. The van der Waals surface area contributed by atoms with Crippen molar-refractivity contribution >= 4 is 23.3 Å². The Bertz CT molecular complexity index is 718. The fourth-order valence-electron chi connectivity index (χ4n) is 2.07. The van der Waals surface area contributed by atoms with E-state index in [-0.39, 0.29) is 11.8 Å². The van der Waals surface area contributed by atoms with Crippen molar-refractivity contribution in [2.24, 2.45) is 0 Å². The van der Waals surface area contributed by atoms with Crippen LogP contribution >= 0.6 is 0 Å². The first-order valence-electron chi connectivity index (χ1n) is 7.49. The first-order valence-corrected chi connectivity index (χ1v) is 7.49. The van der Waals surface area contributed by atoms with Crippen LogP contribution in [0.4, 0.5) is 11.5 Å². The summed E-state index contributed by atoms with van der Waals surface area (Å²) in [6.07, 6.45) is 1.60. The van der Waals surface area contributed by atoms with Crippen molar-refractivity contribution in [2.45, 2.75) is 6.92 Å². The highest BCUT2D eigenvalue weighted by Crippen LogP contribution is 2.27. The van der Waals surface area contributed by atoms with E-state index < -0.39 is 0 Å². The number of rotatable bonds is 7. The minimum atomic E-state index is -0.272. The van der Waals surface area contributed by atoms with Gasteiger partial charge in [-0.15, -0.1) is 0 Å². The maximum absolute atomic E-state index is 12.3. The maximum atomic E-state index is 12.3. The molecule has 0 atom stereocenters. The molecule has 0 aliphatic heterocycles. The van der Waals surface area contributed by atoms with Crippen LogP contribution in [0.1, 0.15) is 17.3 Å². The molecule has 0 bridgehead atoms. The Balaban J connectivity index is 2.09. The molecule has 7 heteroatoms. The van der Waals surface area contributed by atoms with E-state index in [1.807, 2.05) is 24.3 Å². The van der Waals surface area contributed by atoms with Gasteiger partial charge in [-0.2, -0.15) is 0 Å². The number of ether oxygens (including phenoxy) is 1. The number of carbonyl (C=O) groups excluding carboxylic acids is 2. The number of nitrogens with one attached hydrogen (secondary N) is 3. The number of hydrogen-bond donors (Lipinski definition) is 3. The largest absolute Gasteiger partial charge is 0.495 e. The lowest BCUT2D eigenvalue weighted by Crippen LogP contribution is -2.34. The lowest BCUT2D eigenvalue weighted by atomic mass is 10.2. The molecule has 7 nitrogen and oxygen atoms in total. The highest BCUT2D eigenvalue weighted by molar-refractivity contribution is 5.99. The van der Waals surface area contributed by atoms with Crippen molar-refractivity contribution in [3.8, 4) is 5.75 Å². The molecule has 0 spiro atoms. The molecule has 2 amide bonds. The van der Waals surface area contributed by atoms with Gasteiger partial charge in [-0.05, 0) is 24.3 Å². The monoisotopic (exact) mass is 328 g/mol. The summed E-state index contributed by atoms with van der Waals surface area (Å²) in [4.78, 5) is 27.4. The summed E-state index contributed by atoms with van der Waals surface area (Å²) in [5.41, 5.74) is 1.12. The predicted octanol–water partition coefficient (Wildman–Crippen LogP) is 1.70. The quantitative estimate of drug-likeness (QED) is 0.673. The van der Waals surface area contributed by atoms with Crippen molar-refractivity contribution in [1.82, 2.24) is 15.6 Å². The van der Waals surface area contributed by atoms with Crippen molar-refractivity contribution < 1.29 is 14.3 Å². The van der Waals surface area contributed by atoms with E-state index in [1.54, 1.807) is 25.4 Å². The third-order valence-electron chi connectivity index (χ3n) is 3.20. The van der Waals surface area contributed by atoms with Crippen LogP contribution in [-0.2, 0) is 4.79 Å². The van der Waals surface area contributed by atoms with E-state index in [1.165, 1.54) is 6.92 Å². The van der Waals surface area contributed by atoms with Crippen molar-refractivity contribution in [3.63, 3.8) is 0 Å². The first kappa shape index (κ1) is 17.3. The smallest absolute Gasteiger partial charge is 0.255 e. The topological polar surface area (TPSA) is 92.3 Å². The van der Waals surface area contributed by atoms with E-state index in [4.69, 9.17) is 4.74 Å². The first-order chi connectivity index (χ1) is 11.6. The average molecular weight is 328 g/mol. The second-order valence-electron chi connectivity index (χ2n) is 4.96. The molecule has 2 rings (SSSR count). The van der Waals surface area contributed by atoms with Crippen molar-refractivity contribution in [2.75, 3.05) is 25.5 Å². The van der Waals surface area contributed by atoms with E-state index in [0.29, 0.717) is 35.9 Å². The minimum absolute atomic E-state index is 0.135. The lowest BCUT2D eigenvalue weighted by Gasteiger charge is -2.13. The molecule has 1 heterocycles. The predicted molar refractivity (Wildman–Crippen MR) is 91.5 cm³/mol. The van der Waals surface area contributed by atoms with Crippen LogP contribution in [0.3, 0.4) is 0 Å². The summed E-state index contributed by atoms with van der Waals surface area (Å²) in [5, 5.41) is 8.48. The number of amides is 2. The van der Waals surface area contributed by atoms with Gasteiger partial charge in [-0.25, -0.2) is 4.98 Å². The van der Waals surface area contributed by atoms with Gasteiger partial charge in [-0.3, -0.25) is 9.59 Å². The maximum Gasteiger partial charge on any atom is 0.255 e. The van der Waals surface area contributed by atoms with E-state index in [9.17, 15) is 9.59 Å². The molecule has 1 aromatic heterocycles. The minimum Gasteiger partial charge on any atom is -0.495 e. The Labute approximate surface area is 140 Å². The number of pyridine rings is 1. The van der Waals surface area contributed by atoms with Gasteiger partial charge in [0, 0.05) is 26.2 Å². The highest BCUT2D eigenvalue weighted by Gasteiger charge is 2.13. The fourth-order valence-corrected chi connectivity index (χ4v) is 2.07. The SMILES string of the molecule is COc1ccccc1Nc1ncccc1C(=O)NCCNC(C)=O. The third-order valence-corrected chi connectivity index (χ3v) is 3.20. The average Bonchev–Trinajstić information content (AvgIpc) is 2.59. The Morgan fingerprint density at radius 1 is 1.08 bits per heavy atom. The fraction of sp³-hybridized carbons (Fsp3) is 0.235.